The number of aliphatic hydroxyl groups excluding tert-OH is 1. The van der Waals surface area contributed by atoms with Crippen molar-refractivity contribution in [1.29, 1.82) is 0 Å². The summed E-state index contributed by atoms with van der Waals surface area (Å²) in [4.78, 5) is 16.3. The van der Waals surface area contributed by atoms with Gasteiger partial charge in [0.1, 0.15) is 0 Å². The molecule has 0 saturated carbocycles. The molecular formula is C17H26N2O2. The second-order valence-corrected chi connectivity index (χ2v) is 6.01. The monoisotopic (exact) mass is 290 g/mol. The third kappa shape index (κ3) is 4.55. The number of likely N-dealkylation sites (N-methyl/N-ethyl adjacent to an activating group) is 1. The van der Waals surface area contributed by atoms with E-state index in [1.807, 2.05) is 44.3 Å². The van der Waals surface area contributed by atoms with Gasteiger partial charge >= 0.3 is 0 Å². The van der Waals surface area contributed by atoms with Gasteiger partial charge in [-0.05, 0) is 31.9 Å². The van der Waals surface area contributed by atoms with E-state index in [1.165, 1.54) is 0 Å². The van der Waals surface area contributed by atoms with Crippen LogP contribution in [0.4, 0.5) is 0 Å². The minimum Gasteiger partial charge on any atom is -0.392 e. The van der Waals surface area contributed by atoms with Crippen LogP contribution in [-0.2, 0) is 11.3 Å². The zero-order valence-corrected chi connectivity index (χ0v) is 13.0. The Morgan fingerprint density at radius 3 is 2.76 bits per heavy atom. The summed E-state index contributed by atoms with van der Waals surface area (Å²) < 4.78 is 0. The van der Waals surface area contributed by atoms with E-state index >= 15 is 0 Å². The molecule has 0 aromatic heterocycles. The standard InChI is InChI=1S/C17H26N2O2/c1-14(20)16-10-6-7-11-19(16)13-17(21)18(2)12-15-8-4-3-5-9-15/h3-5,8-9,14,16,20H,6-7,10-13H2,1-2H3. The van der Waals surface area contributed by atoms with Crippen molar-refractivity contribution in [2.24, 2.45) is 0 Å². The average molecular weight is 290 g/mol. The first kappa shape index (κ1) is 16.0. The van der Waals surface area contributed by atoms with Crippen LogP contribution in [0.5, 0.6) is 0 Å². The first-order chi connectivity index (χ1) is 10.1. The number of amides is 1. The van der Waals surface area contributed by atoms with Crippen molar-refractivity contribution in [3.05, 3.63) is 35.9 Å². The topological polar surface area (TPSA) is 43.8 Å². The fraction of sp³-hybridized carbons (Fsp3) is 0.588. The first-order valence-corrected chi connectivity index (χ1v) is 7.78. The van der Waals surface area contributed by atoms with Crippen molar-refractivity contribution in [2.45, 2.75) is 44.9 Å². The Kier molecular flexibility index (Phi) is 5.76. The molecule has 21 heavy (non-hydrogen) atoms. The predicted molar refractivity (Wildman–Crippen MR) is 83.8 cm³/mol. The van der Waals surface area contributed by atoms with Gasteiger partial charge in [0, 0.05) is 19.6 Å². The number of hydrogen-bond donors (Lipinski definition) is 1. The SMILES string of the molecule is CC(O)C1CCCCN1CC(=O)N(C)Cc1ccccc1. The molecule has 4 nitrogen and oxygen atoms in total. The van der Waals surface area contributed by atoms with Crippen molar-refractivity contribution < 1.29 is 9.90 Å². The lowest BCUT2D eigenvalue weighted by atomic mass is 9.98. The maximum Gasteiger partial charge on any atom is 0.236 e. The van der Waals surface area contributed by atoms with Gasteiger partial charge in [-0.1, -0.05) is 36.8 Å². The van der Waals surface area contributed by atoms with Gasteiger partial charge in [-0.3, -0.25) is 9.69 Å². The van der Waals surface area contributed by atoms with Crippen LogP contribution in [0.3, 0.4) is 0 Å². The number of benzene rings is 1. The van der Waals surface area contributed by atoms with E-state index in [0.29, 0.717) is 13.1 Å². The summed E-state index contributed by atoms with van der Waals surface area (Å²) in [6.07, 6.45) is 2.85. The second-order valence-electron chi connectivity index (χ2n) is 6.01. The second kappa shape index (κ2) is 7.57. The summed E-state index contributed by atoms with van der Waals surface area (Å²) >= 11 is 0. The summed E-state index contributed by atoms with van der Waals surface area (Å²) in [5.74, 6) is 0.117. The van der Waals surface area contributed by atoms with E-state index in [0.717, 1.165) is 31.4 Å². The van der Waals surface area contributed by atoms with Gasteiger partial charge < -0.3 is 10.0 Å². The molecule has 1 heterocycles. The molecule has 1 amide bonds. The molecule has 0 spiro atoms. The molecule has 1 fully saturated rings. The normalized spacial score (nSPS) is 21.0. The predicted octanol–water partition coefficient (Wildman–Crippen LogP) is 1.88. The Morgan fingerprint density at radius 1 is 1.38 bits per heavy atom. The summed E-state index contributed by atoms with van der Waals surface area (Å²) in [7, 11) is 1.84. The van der Waals surface area contributed by atoms with Gasteiger partial charge in [-0.15, -0.1) is 0 Å². The molecule has 2 atom stereocenters. The molecule has 1 saturated heterocycles. The number of likely N-dealkylation sites (tertiary alicyclic amines) is 1. The molecule has 2 rings (SSSR count). The van der Waals surface area contributed by atoms with E-state index in [4.69, 9.17) is 0 Å². The van der Waals surface area contributed by atoms with Crippen molar-refractivity contribution in [3.8, 4) is 0 Å². The van der Waals surface area contributed by atoms with Crippen molar-refractivity contribution in [1.82, 2.24) is 9.80 Å². The Bertz CT molecular complexity index is 447. The Balaban J connectivity index is 1.90. The van der Waals surface area contributed by atoms with Crippen LogP contribution in [0.25, 0.3) is 0 Å². The van der Waals surface area contributed by atoms with Crippen LogP contribution >= 0.6 is 0 Å². The Morgan fingerprint density at radius 2 is 2.10 bits per heavy atom. The van der Waals surface area contributed by atoms with Gasteiger partial charge in [-0.2, -0.15) is 0 Å². The molecule has 0 bridgehead atoms. The molecule has 4 heteroatoms. The summed E-state index contributed by atoms with van der Waals surface area (Å²) in [6.45, 7) is 3.76. The highest BCUT2D eigenvalue weighted by Crippen LogP contribution is 2.19. The molecule has 116 valence electrons. The van der Waals surface area contributed by atoms with Crippen molar-refractivity contribution in [3.63, 3.8) is 0 Å². The van der Waals surface area contributed by atoms with E-state index in [-0.39, 0.29) is 18.1 Å². The van der Waals surface area contributed by atoms with E-state index in [9.17, 15) is 9.90 Å². The van der Waals surface area contributed by atoms with Crippen LogP contribution in [0.2, 0.25) is 0 Å². The molecule has 0 aliphatic carbocycles. The third-order valence-corrected chi connectivity index (χ3v) is 4.25. The minimum absolute atomic E-state index is 0.117. The Hall–Kier alpha value is -1.39. The number of nitrogens with zero attached hydrogens (tertiary/aromatic N) is 2. The highest BCUT2D eigenvalue weighted by molar-refractivity contribution is 5.78. The minimum atomic E-state index is -0.377. The van der Waals surface area contributed by atoms with Gasteiger partial charge in [0.05, 0.1) is 12.6 Å². The van der Waals surface area contributed by atoms with Crippen LogP contribution in [0.15, 0.2) is 30.3 Å². The fourth-order valence-electron chi connectivity index (χ4n) is 3.00. The molecule has 0 radical (unpaired) electrons. The number of aliphatic hydroxyl groups is 1. The van der Waals surface area contributed by atoms with E-state index in [1.54, 1.807) is 4.90 Å². The molecule has 1 aliphatic heterocycles. The number of rotatable bonds is 5. The summed E-state index contributed by atoms with van der Waals surface area (Å²) in [5.41, 5.74) is 1.14. The summed E-state index contributed by atoms with van der Waals surface area (Å²) in [6, 6.07) is 10.1. The molecule has 1 N–H and O–H groups in total. The number of carbonyl (C=O) groups is 1. The smallest absolute Gasteiger partial charge is 0.236 e. The van der Waals surface area contributed by atoms with Crippen LogP contribution in [0, 0.1) is 0 Å². The lowest BCUT2D eigenvalue weighted by molar-refractivity contribution is -0.133. The van der Waals surface area contributed by atoms with Gasteiger partial charge in [-0.25, -0.2) is 0 Å². The largest absolute Gasteiger partial charge is 0.392 e. The molecule has 1 aromatic rings. The quantitative estimate of drug-likeness (QED) is 0.900. The molecule has 1 aliphatic rings. The molecule has 2 unspecified atom stereocenters. The zero-order chi connectivity index (χ0) is 15.2. The van der Waals surface area contributed by atoms with E-state index < -0.39 is 0 Å². The van der Waals surface area contributed by atoms with Crippen LogP contribution in [0.1, 0.15) is 31.7 Å². The van der Waals surface area contributed by atoms with Gasteiger partial charge in [0.15, 0.2) is 0 Å². The average Bonchev–Trinajstić information content (AvgIpc) is 2.48. The van der Waals surface area contributed by atoms with Crippen LogP contribution < -0.4 is 0 Å². The van der Waals surface area contributed by atoms with E-state index in [2.05, 4.69) is 4.90 Å². The highest BCUT2D eigenvalue weighted by Gasteiger charge is 2.28. The number of piperidine rings is 1. The lowest BCUT2D eigenvalue weighted by Crippen LogP contribution is -2.49. The maximum atomic E-state index is 12.4. The zero-order valence-electron chi connectivity index (χ0n) is 13.0. The van der Waals surface area contributed by atoms with Gasteiger partial charge in [0.2, 0.25) is 5.91 Å². The Labute approximate surface area is 127 Å². The van der Waals surface area contributed by atoms with Crippen LogP contribution in [-0.4, -0.2) is 53.1 Å². The first-order valence-electron chi connectivity index (χ1n) is 7.78. The molecular weight excluding hydrogens is 264 g/mol. The number of carbonyl (C=O) groups excluding carboxylic acids is 1. The van der Waals surface area contributed by atoms with Crippen molar-refractivity contribution in [2.75, 3.05) is 20.1 Å². The third-order valence-electron chi connectivity index (χ3n) is 4.25. The number of hydrogen-bond acceptors (Lipinski definition) is 3. The van der Waals surface area contributed by atoms with Crippen molar-refractivity contribution >= 4 is 5.91 Å². The lowest BCUT2D eigenvalue weighted by Gasteiger charge is -2.37. The summed E-state index contributed by atoms with van der Waals surface area (Å²) in [5, 5.41) is 9.87. The fourth-order valence-corrected chi connectivity index (χ4v) is 3.00. The highest BCUT2D eigenvalue weighted by atomic mass is 16.3. The molecule has 1 aromatic carbocycles. The maximum absolute atomic E-state index is 12.4. The van der Waals surface area contributed by atoms with Gasteiger partial charge in [0.25, 0.3) is 0 Å².